The number of amides is 2. The zero-order chi connectivity index (χ0) is 18.9. The molecule has 2 rings (SSSR count). The molecule has 0 saturated carbocycles. The lowest BCUT2D eigenvalue weighted by Gasteiger charge is -2.11. The van der Waals surface area contributed by atoms with Crippen LogP contribution in [0.2, 0.25) is 0 Å². The zero-order valence-electron chi connectivity index (χ0n) is 15.7. The Hall–Kier alpha value is -2.82. The highest BCUT2D eigenvalue weighted by atomic mass is 16.2. The predicted molar refractivity (Wildman–Crippen MR) is 105 cm³/mol. The third-order valence-corrected chi connectivity index (χ3v) is 4.23. The van der Waals surface area contributed by atoms with Gasteiger partial charge in [-0.25, -0.2) is 0 Å². The van der Waals surface area contributed by atoms with E-state index in [0.29, 0.717) is 12.8 Å². The molecule has 2 aromatic rings. The van der Waals surface area contributed by atoms with Crippen molar-refractivity contribution in [2.45, 2.75) is 40.0 Å². The fourth-order valence-corrected chi connectivity index (χ4v) is 2.63. The summed E-state index contributed by atoms with van der Waals surface area (Å²) in [7, 11) is 0. The summed E-state index contributed by atoms with van der Waals surface area (Å²) in [4.78, 5) is 23.7. The van der Waals surface area contributed by atoms with Crippen LogP contribution >= 0.6 is 0 Å². The van der Waals surface area contributed by atoms with E-state index in [9.17, 15) is 9.59 Å². The van der Waals surface area contributed by atoms with Gasteiger partial charge in [-0.15, -0.1) is 0 Å². The van der Waals surface area contributed by atoms with E-state index in [-0.39, 0.29) is 18.4 Å². The molecular weight excluding hydrogens is 326 g/mol. The molecule has 3 N–H and O–H groups in total. The first-order valence-corrected chi connectivity index (χ1v) is 8.94. The first kappa shape index (κ1) is 19.5. The molecule has 0 aliphatic heterocycles. The molecule has 138 valence electrons. The summed E-state index contributed by atoms with van der Waals surface area (Å²) in [6.45, 7) is 6.22. The van der Waals surface area contributed by atoms with Gasteiger partial charge in [0, 0.05) is 12.1 Å². The molecule has 0 fully saturated rings. The molecule has 5 nitrogen and oxygen atoms in total. The molecule has 0 unspecified atom stereocenters. The van der Waals surface area contributed by atoms with E-state index in [2.05, 4.69) is 41.3 Å². The molecule has 5 heteroatoms. The van der Waals surface area contributed by atoms with Crippen molar-refractivity contribution in [1.29, 1.82) is 0 Å². The molecule has 0 heterocycles. The van der Waals surface area contributed by atoms with E-state index < -0.39 is 0 Å². The lowest BCUT2D eigenvalue weighted by molar-refractivity contribution is -0.128. The second kappa shape index (κ2) is 9.61. The lowest BCUT2D eigenvalue weighted by atomic mass is 10.1. The summed E-state index contributed by atoms with van der Waals surface area (Å²) in [5.41, 5.74) is 10.4. The van der Waals surface area contributed by atoms with Crippen LogP contribution in [0.5, 0.6) is 0 Å². The number of nitrogens with one attached hydrogen (secondary N) is 3. The van der Waals surface area contributed by atoms with Gasteiger partial charge in [-0.1, -0.05) is 48.9 Å². The molecule has 2 aromatic carbocycles. The second-order valence-corrected chi connectivity index (χ2v) is 6.44. The van der Waals surface area contributed by atoms with Crippen molar-refractivity contribution < 1.29 is 9.59 Å². The quantitative estimate of drug-likeness (QED) is 0.670. The zero-order valence-corrected chi connectivity index (χ0v) is 15.7. The van der Waals surface area contributed by atoms with Gasteiger partial charge < -0.3 is 5.32 Å². The highest BCUT2D eigenvalue weighted by molar-refractivity contribution is 5.84. The Labute approximate surface area is 155 Å². The van der Waals surface area contributed by atoms with Crippen LogP contribution in [0.25, 0.3) is 0 Å². The molecule has 0 saturated heterocycles. The summed E-state index contributed by atoms with van der Waals surface area (Å²) in [6.07, 6.45) is 1.98. The van der Waals surface area contributed by atoms with Crippen LogP contribution < -0.4 is 16.2 Å². The summed E-state index contributed by atoms with van der Waals surface area (Å²) in [5.74, 6) is -0.491. The molecule has 0 bridgehead atoms. The minimum Gasteiger partial charge on any atom is -0.376 e. The van der Waals surface area contributed by atoms with Gasteiger partial charge in [0.15, 0.2) is 0 Å². The van der Waals surface area contributed by atoms with E-state index in [1.54, 1.807) is 0 Å². The number of anilines is 1. The maximum atomic E-state index is 11.9. The summed E-state index contributed by atoms with van der Waals surface area (Å²) < 4.78 is 0. The summed E-state index contributed by atoms with van der Waals surface area (Å²) in [5, 5.41) is 3.07. The van der Waals surface area contributed by atoms with Crippen LogP contribution in [-0.4, -0.2) is 18.4 Å². The van der Waals surface area contributed by atoms with Crippen molar-refractivity contribution in [3.63, 3.8) is 0 Å². The predicted octanol–water partition coefficient (Wildman–Crippen LogP) is 3.06. The van der Waals surface area contributed by atoms with Crippen LogP contribution in [0.3, 0.4) is 0 Å². The van der Waals surface area contributed by atoms with E-state index in [0.717, 1.165) is 23.2 Å². The SMILES string of the molecule is CCc1ccc(CCC(=O)NNC(=O)CNc2ccc(C)cc2C)cc1. The maximum absolute atomic E-state index is 11.9. The maximum Gasteiger partial charge on any atom is 0.257 e. The number of hydrazine groups is 1. The second-order valence-electron chi connectivity index (χ2n) is 6.44. The Bertz CT molecular complexity index is 754. The van der Waals surface area contributed by atoms with Crippen LogP contribution in [0.4, 0.5) is 5.69 Å². The van der Waals surface area contributed by atoms with Crippen molar-refractivity contribution in [2.75, 3.05) is 11.9 Å². The topological polar surface area (TPSA) is 70.2 Å². The number of carbonyl (C=O) groups excluding carboxylic acids is 2. The third-order valence-electron chi connectivity index (χ3n) is 4.23. The van der Waals surface area contributed by atoms with Gasteiger partial charge in [-0.05, 0) is 49.4 Å². The Morgan fingerprint density at radius 2 is 1.54 bits per heavy atom. The van der Waals surface area contributed by atoms with Crippen molar-refractivity contribution in [3.05, 3.63) is 64.7 Å². The molecule has 0 aliphatic rings. The molecule has 0 aromatic heterocycles. The van der Waals surface area contributed by atoms with Crippen LogP contribution in [0.15, 0.2) is 42.5 Å². The van der Waals surface area contributed by atoms with Crippen LogP contribution in [0.1, 0.15) is 35.6 Å². The number of hydrogen-bond acceptors (Lipinski definition) is 3. The molecule has 2 amide bonds. The molecule has 0 aliphatic carbocycles. The number of hydrogen-bond donors (Lipinski definition) is 3. The van der Waals surface area contributed by atoms with Gasteiger partial charge in [0.2, 0.25) is 5.91 Å². The minimum atomic E-state index is -0.286. The van der Waals surface area contributed by atoms with Gasteiger partial charge in [0.1, 0.15) is 0 Å². The standard InChI is InChI=1S/C21H27N3O2/c1-4-17-6-8-18(9-7-17)10-12-20(25)23-24-21(26)14-22-19-11-5-15(2)13-16(19)3/h5-9,11,13,22H,4,10,12,14H2,1-3H3,(H,23,25)(H,24,26). The number of benzene rings is 2. The fraction of sp³-hybridized carbons (Fsp3) is 0.333. The Balaban J connectivity index is 1.68. The molecule has 0 atom stereocenters. The van der Waals surface area contributed by atoms with Gasteiger partial charge in [-0.3, -0.25) is 20.4 Å². The summed E-state index contributed by atoms with van der Waals surface area (Å²) >= 11 is 0. The van der Waals surface area contributed by atoms with Gasteiger partial charge in [0.25, 0.3) is 5.91 Å². The first-order chi connectivity index (χ1) is 12.5. The first-order valence-electron chi connectivity index (χ1n) is 8.94. The summed E-state index contributed by atoms with van der Waals surface area (Å²) in [6, 6.07) is 14.2. The minimum absolute atomic E-state index is 0.0999. The highest BCUT2D eigenvalue weighted by Gasteiger charge is 2.06. The number of carbonyl (C=O) groups is 2. The van der Waals surface area contributed by atoms with Crippen molar-refractivity contribution in [1.82, 2.24) is 10.9 Å². The van der Waals surface area contributed by atoms with Crippen molar-refractivity contribution in [3.8, 4) is 0 Å². The lowest BCUT2D eigenvalue weighted by Crippen LogP contribution is -2.44. The Morgan fingerprint density at radius 3 is 2.19 bits per heavy atom. The van der Waals surface area contributed by atoms with E-state index in [1.807, 2.05) is 38.1 Å². The van der Waals surface area contributed by atoms with Gasteiger partial charge >= 0.3 is 0 Å². The monoisotopic (exact) mass is 353 g/mol. The molecule has 0 radical (unpaired) electrons. The molecule has 26 heavy (non-hydrogen) atoms. The molecule has 0 spiro atoms. The number of aryl methyl sites for hydroxylation is 4. The largest absolute Gasteiger partial charge is 0.376 e. The molecular formula is C21H27N3O2. The van der Waals surface area contributed by atoms with E-state index >= 15 is 0 Å². The van der Waals surface area contributed by atoms with E-state index in [1.165, 1.54) is 11.1 Å². The van der Waals surface area contributed by atoms with E-state index in [4.69, 9.17) is 0 Å². The van der Waals surface area contributed by atoms with Crippen LogP contribution in [-0.2, 0) is 22.4 Å². The van der Waals surface area contributed by atoms with Gasteiger partial charge in [-0.2, -0.15) is 0 Å². The van der Waals surface area contributed by atoms with Crippen molar-refractivity contribution in [2.24, 2.45) is 0 Å². The normalized spacial score (nSPS) is 10.3. The Kier molecular flexibility index (Phi) is 7.21. The highest BCUT2D eigenvalue weighted by Crippen LogP contribution is 2.15. The fourth-order valence-electron chi connectivity index (χ4n) is 2.63. The Morgan fingerprint density at radius 1 is 0.885 bits per heavy atom. The smallest absolute Gasteiger partial charge is 0.257 e. The van der Waals surface area contributed by atoms with Crippen LogP contribution in [0, 0.1) is 13.8 Å². The number of rotatable bonds is 7. The average molecular weight is 353 g/mol. The average Bonchev–Trinajstić information content (AvgIpc) is 2.64. The van der Waals surface area contributed by atoms with Gasteiger partial charge in [0.05, 0.1) is 6.54 Å². The third kappa shape index (κ3) is 6.24. The van der Waals surface area contributed by atoms with Crippen molar-refractivity contribution >= 4 is 17.5 Å².